The molecule has 7 nitrogen and oxygen atoms in total. The molecule has 1 unspecified atom stereocenters. The van der Waals surface area contributed by atoms with Gasteiger partial charge in [0.15, 0.2) is 0 Å². The number of rotatable bonds is 6. The largest absolute Gasteiger partial charge is 0.462 e. The van der Waals surface area contributed by atoms with E-state index < -0.39 is 11.8 Å². The Labute approximate surface area is 180 Å². The number of carbonyl (C=O) groups is 1. The molecule has 3 heterocycles. The monoisotopic (exact) mass is 424 g/mol. The van der Waals surface area contributed by atoms with Crippen LogP contribution in [0.5, 0.6) is 0 Å². The molecule has 1 aromatic carbocycles. The molecule has 0 spiro atoms. The number of aromatic nitrogens is 2. The molecule has 3 aromatic rings. The van der Waals surface area contributed by atoms with Gasteiger partial charge in [-0.05, 0) is 49.7 Å². The third-order valence-corrected chi connectivity index (χ3v) is 5.17. The first-order valence-corrected chi connectivity index (χ1v) is 10.4. The predicted octanol–water partition coefficient (Wildman–Crippen LogP) is 3.78. The molecule has 1 fully saturated rings. The van der Waals surface area contributed by atoms with E-state index in [-0.39, 0.29) is 18.3 Å². The minimum Gasteiger partial charge on any atom is -0.462 e. The van der Waals surface area contributed by atoms with Crippen LogP contribution in [-0.4, -0.2) is 48.3 Å². The molecule has 1 aliphatic heterocycles. The van der Waals surface area contributed by atoms with Crippen molar-refractivity contribution in [3.8, 4) is 0 Å². The molecule has 1 N–H and O–H groups in total. The van der Waals surface area contributed by atoms with E-state index in [1.54, 1.807) is 19.2 Å². The van der Waals surface area contributed by atoms with E-state index in [4.69, 9.17) is 9.47 Å². The van der Waals surface area contributed by atoms with Crippen LogP contribution < -0.4 is 10.2 Å². The van der Waals surface area contributed by atoms with E-state index in [0.717, 1.165) is 24.5 Å². The van der Waals surface area contributed by atoms with Gasteiger partial charge in [0.1, 0.15) is 17.2 Å². The van der Waals surface area contributed by atoms with E-state index in [9.17, 15) is 9.18 Å². The number of esters is 1. The van der Waals surface area contributed by atoms with Crippen molar-refractivity contribution in [3.05, 3.63) is 59.7 Å². The van der Waals surface area contributed by atoms with Gasteiger partial charge < -0.3 is 19.7 Å². The topological polar surface area (TPSA) is 76.6 Å². The molecule has 0 bridgehead atoms. The van der Waals surface area contributed by atoms with Crippen LogP contribution in [0.4, 0.5) is 15.9 Å². The summed E-state index contributed by atoms with van der Waals surface area (Å²) in [5.41, 5.74) is 2.35. The van der Waals surface area contributed by atoms with Crippen LogP contribution >= 0.6 is 0 Å². The second-order valence-electron chi connectivity index (χ2n) is 7.43. The molecule has 1 atom stereocenters. The molecule has 1 aliphatic rings. The average Bonchev–Trinajstić information content (AvgIpc) is 2.77. The van der Waals surface area contributed by atoms with Gasteiger partial charge in [-0.3, -0.25) is 4.98 Å². The molecule has 162 valence electrons. The quantitative estimate of drug-likeness (QED) is 0.604. The van der Waals surface area contributed by atoms with Crippen LogP contribution in [0, 0.1) is 5.82 Å². The van der Waals surface area contributed by atoms with Crippen molar-refractivity contribution in [3.63, 3.8) is 0 Å². The van der Waals surface area contributed by atoms with Crippen molar-refractivity contribution < 1.29 is 18.7 Å². The number of anilines is 2. The number of morpholine rings is 1. The Bertz CT molecular complexity index is 1090. The Morgan fingerprint density at radius 1 is 1.32 bits per heavy atom. The van der Waals surface area contributed by atoms with E-state index in [1.165, 1.54) is 18.3 Å². The molecule has 0 radical (unpaired) electrons. The first kappa shape index (κ1) is 21.0. The standard InChI is InChI=1S/C23H25FN4O3/c1-3-30-23(29)19-13-26-20-5-4-17(24)11-18(20)22(19)27-12-16-6-7-25-21(10-16)28-8-9-31-15(2)14-28/h4-7,10-11,13,15H,3,8-9,12,14H2,1-2H3,(H,26,27). The number of hydrogen-bond acceptors (Lipinski definition) is 7. The van der Waals surface area contributed by atoms with E-state index in [0.29, 0.717) is 29.7 Å². The maximum absolute atomic E-state index is 14.0. The Morgan fingerprint density at radius 3 is 3.00 bits per heavy atom. The number of pyridine rings is 2. The zero-order valence-electron chi connectivity index (χ0n) is 17.6. The van der Waals surface area contributed by atoms with Crippen LogP contribution in [0.2, 0.25) is 0 Å². The lowest BCUT2D eigenvalue weighted by Gasteiger charge is -2.32. The van der Waals surface area contributed by atoms with Gasteiger partial charge in [-0.15, -0.1) is 0 Å². The van der Waals surface area contributed by atoms with Crippen LogP contribution in [0.25, 0.3) is 10.9 Å². The second kappa shape index (κ2) is 9.26. The van der Waals surface area contributed by atoms with Gasteiger partial charge >= 0.3 is 5.97 Å². The fourth-order valence-corrected chi connectivity index (χ4v) is 3.68. The number of halogens is 1. The van der Waals surface area contributed by atoms with Crippen molar-refractivity contribution in [2.45, 2.75) is 26.5 Å². The Hall–Kier alpha value is -3.26. The summed E-state index contributed by atoms with van der Waals surface area (Å²) >= 11 is 0. The van der Waals surface area contributed by atoms with Crippen molar-refractivity contribution in [1.82, 2.24) is 9.97 Å². The zero-order chi connectivity index (χ0) is 21.8. The number of nitrogens with zero attached hydrogens (tertiary/aromatic N) is 3. The first-order valence-electron chi connectivity index (χ1n) is 10.4. The number of hydrogen-bond donors (Lipinski definition) is 1. The van der Waals surface area contributed by atoms with Gasteiger partial charge in [0, 0.05) is 37.4 Å². The smallest absolute Gasteiger partial charge is 0.341 e. The van der Waals surface area contributed by atoms with Gasteiger partial charge in [-0.1, -0.05) is 0 Å². The van der Waals surface area contributed by atoms with Crippen molar-refractivity contribution in [2.24, 2.45) is 0 Å². The number of ether oxygens (including phenoxy) is 2. The zero-order valence-corrected chi connectivity index (χ0v) is 17.6. The normalized spacial score (nSPS) is 16.4. The number of fused-ring (bicyclic) bond motifs is 1. The summed E-state index contributed by atoms with van der Waals surface area (Å²) in [5, 5.41) is 3.83. The molecule has 4 rings (SSSR count). The Kier molecular flexibility index (Phi) is 6.27. The van der Waals surface area contributed by atoms with Crippen LogP contribution in [0.3, 0.4) is 0 Å². The van der Waals surface area contributed by atoms with E-state index in [1.807, 2.05) is 19.1 Å². The van der Waals surface area contributed by atoms with E-state index in [2.05, 4.69) is 20.2 Å². The second-order valence-corrected chi connectivity index (χ2v) is 7.43. The highest BCUT2D eigenvalue weighted by Crippen LogP contribution is 2.28. The predicted molar refractivity (Wildman–Crippen MR) is 117 cm³/mol. The van der Waals surface area contributed by atoms with E-state index >= 15 is 0 Å². The van der Waals surface area contributed by atoms with Crippen LogP contribution in [-0.2, 0) is 16.0 Å². The van der Waals surface area contributed by atoms with Gasteiger partial charge in [-0.2, -0.15) is 0 Å². The molecule has 8 heteroatoms. The van der Waals surface area contributed by atoms with Crippen molar-refractivity contribution in [2.75, 3.05) is 36.5 Å². The molecule has 0 aliphatic carbocycles. The maximum atomic E-state index is 14.0. The third kappa shape index (κ3) is 4.74. The molecule has 0 amide bonds. The Morgan fingerprint density at radius 2 is 2.19 bits per heavy atom. The van der Waals surface area contributed by atoms with Crippen molar-refractivity contribution >= 4 is 28.4 Å². The lowest BCUT2D eigenvalue weighted by Crippen LogP contribution is -2.41. The minimum absolute atomic E-state index is 0.155. The van der Waals surface area contributed by atoms with Crippen molar-refractivity contribution in [1.29, 1.82) is 0 Å². The summed E-state index contributed by atoms with van der Waals surface area (Å²) in [6.07, 6.45) is 3.39. The van der Waals surface area contributed by atoms with Crippen LogP contribution in [0.15, 0.2) is 42.7 Å². The molecular weight excluding hydrogens is 399 g/mol. The summed E-state index contributed by atoms with van der Waals surface area (Å²) in [6, 6.07) is 8.24. The highest BCUT2D eigenvalue weighted by Gasteiger charge is 2.19. The summed E-state index contributed by atoms with van der Waals surface area (Å²) < 4.78 is 24.7. The molecular formula is C23H25FN4O3. The lowest BCUT2D eigenvalue weighted by atomic mass is 10.1. The van der Waals surface area contributed by atoms with Gasteiger partial charge in [0.2, 0.25) is 0 Å². The molecule has 31 heavy (non-hydrogen) atoms. The summed E-state index contributed by atoms with van der Waals surface area (Å²) in [6.45, 7) is 6.69. The summed E-state index contributed by atoms with van der Waals surface area (Å²) in [7, 11) is 0. The number of benzene rings is 1. The van der Waals surface area contributed by atoms with Gasteiger partial charge in [0.05, 0.1) is 30.5 Å². The highest BCUT2D eigenvalue weighted by atomic mass is 19.1. The van der Waals surface area contributed by atoms with Gasteiger partial charge in [-0.25, -0.2) is 14.2 Å². The first-order chi connectivity index (χ1) is 15.0. The fourth-order valence-electron chi connectivity index (χ4n) is 3.68. The average molecular weight is 424 g/mol. The maximum Gasteiger partial charge on any atom is 0.341 e. The van der Waals surface area contributed by atoms with Crippen LogP contribution in [0.1, 0.15) is 29.8 Å². The lowest BCUT2D eigenvalue weighted by molar-refractivity contribution is 0.0524. The number of carbonyl (C=O) groups excluding carboxylic acids is 1. The Balaban J connectivity index is 1.62. The summed E-state index contributed by atoms with van der Waals surface area (Å²) in [5.74, 6) is -0.0157. The molecule has 2 aromatic heterocycles. The minimum atomic E-state index is -0.499. The molecule has 0 saturated carbocycles. The van der Waals surface area contributed by atoms with Gasteiger partial charge in [0.25, 0.3) is 0 Å². The SMILES string of the molecule is CCOC(=O)c1cnc2ccc(F)cc2c1NCc1ccnc(N2CCOC(C)C2)c1. The fraction of sp³-hybridized carbons (Fsp3) is 0.348. The highest BCUT2D eigenvalue weighted by molar-refractivity contribution is 6.04. The molecule has 1 saturated heterocycles. The number of nitrogens with one attached hydrogen (secondary N) is 1. The third-order valence-electron chi connectivity index (χ3n) is 5.17. The summed E-state index contributed by atoms with van der Waals surface area (Å²) in [4.78, 5) is 23.4.